The van der Waals surface area contributed by atoms with Crippen LogP contribution < -0.4 is 11.1 Å². The molecule has 0 unspecified atom stereocenters. The maximum absolute atomic E-state index is 11.8. The average molecular weight is 265 g/mol. The zero-order chi connectivity index (χ0) is 14.3. The zero-order valence-corrected chi connectivity index (χ0v) is 11.9. The second kappa shape index (κ2) is 7.09. The minimum Gasteiger partial charge on any atom is -0.397 e. The van der Waals surface area contributed by atoms with Gasteiger partial charge in [0, 0.05) is 26.0 Å². The minimum atomic E-state index is -0.0252. The summed E-state index contributed by atoms with van der Waals surface area (Å²) in [5.74, 6) is -0.0252. The Labute approximate surface area is 114 Å². The number of nitrogens with one attached hydrogen (secondary N) is 1. The fourth-order valence-corrected chi connectivity index (χ4v) is 1.57. The Kier molecular flexibility index (Phi) is 5.76. The highest BCUT2D eigenvalue weighted by Crippen LogP contribution is 2.18. The molecule has 1 heterocycles. The van der Waals surface area contributed by atoms with Crippen molar-refractivity contribution in [3.8, 4) is 0 Å². The molecule has 1 aromatic rings. The number of aromatic nitrogens is 1. The quantitative estimate of drug-likeness (QED) is 0.781. The number of nitrogens with two attached hydrogens (primary N) is 1. The molecule has 0 saturated carbocycles. The summed E-state index contributed by atoms with van der Waals surface area (Å²) in [6, 6.07) is 3.52. The Morgan fingerprint density at radius 3 is 2.79 bits per heavy atom. The minimum absolute atomic E-state index is 0.0252. The first-order valence-corrected chi connectivity index (χ1v) is 6.39. The number of carbonyl (C=O) groups is 1. The molecule has 0 spiro atoms. The predicted octanol–water partition coefficient (Wildman–Crippen LogP) is 1.39. The lowest BCUT2D eigenvalue weighted by Crippen LogP contribution is -2.35. The summed E-state index contributed by atoms with van der Waals surface area (Å²) in [7, 11) is 1.68. The first-order chi connectivity index (χ1) is 8.93. The number of nitrogen functional groups attached to an aromatic ring is 1. The van der Waals surface area contributed by atoms with Crippen LogP contribution in [0.15, 0.2) is 18.3 Å². The number of pyridine rings is 1. The number of amides is 1. The molecular weight excluding hydrogens is 242 g/mol. The van der Waals surface area contributed by atoms with E-state index in [0.717, 1.165) is 12.1 Å². The molecule has 0 bridgehead atoms. The van der Waals surface area contributed by atoms with Gasteiger partial charge in [-0.2, -0.15) is 0 Å². The van der Waals surface area contributed by atoms with E-state index < -0.39 is 0 Å². The highest BCUT2D eigenvalue weighted by Gasteiger charge is 2.18. The molecule has 1 aromatic heterocycles. The number of rotatable bonds is 7. The molecule has 0 radical (unpaired) electrons. The number of anilines is 1. The van der Waals surface area contributed by atoms with Crippen LogP contribution in [0.5, 0.6) is 0 Å². The normalized spacial score (nSPS) is 11.3. The van der Waals surface area contributed by atoms with Crippen LogP contribution in [0, 0.1) is 5.41 Å². The van der Waals surface area contributed by atoms with Crippen LogP contribution in [0.1, 0.15) is 26.0 Å². The number of hydrogen-bond acceptors (Lipinski definition) is 4. The second-order valence-corrected chi connectivity index (χ2v) is 5.44. The standard InChI is InChI=1S/C14H23N3O2/c1-14(2,6-7-19-3)10-17-13(18)8-12-5-4-11(15)9-16-12/h4-5,9H,6-8,10,15H2,1-3H3,(H,17,18). The van der Waals surface area contributed by atoms with Crippen LogP contribution in [-0.4, -0.2) is 31.2 Å². The number of methoxy groups -OCH3 is 1. The van der Waals surface area contributed by atoms with Crippen LogP contribution in [0.25, 0.3) is 0 Å². The van der Waals surface area contributed by atoms with E-state index >= 15 is 0 Å². The fourth-order valence-electron chi connectivity index (χ4n) is 1.57. The fraction of sp³-hybridized carbons (Fsp3) is 0.571. The van der Waals surface area contributed by atoms with E-state index in [1.807, 2.05) is 0 Å². The molecule has 0 aliphatic heterocycles. The van der Waals surface area contributed by atoms with Gasteiger partial charge in [0.25, 0.3) is 0 Å². The van der Waals surface area contributed by atoms with Gasteiger partial charge < -0.3 is 15.8 Å². The third-order valence-corrected chi connectivity index (χ3v) is 2.94. The van der Waals surface area contributed by atoms with Crippen molar-refractivity contribution in [3.05, 3.63) is 24.0 Å². The number of nitrogens with zero attached hydrogens (tertiary/aromatic N) is 1. The molecule has 0 saturated heterocycles. The molecule has 1 rings (SSSR count). The predicted molar refractivity (Wildman–Crippen MR) is 75.6 cm³/mol. The summed E-state index contributed by atoms with van der Waals surface area (Å²) in [6.45, 7) is 5.54. The number of hydrogen-bond donors (Lipinski definition) is 2. The van der Waals surface area contributed by atoms with Crippen LogP contribution >= 0.6 is 0 Å². The van der Waals surface area contributed by atoms with Crippen LogP contribution in [0.3, 0.4) is 0 Å². The Balaban J connectivity index is 2.37. The third kappa shape index (κ3) is 6.20. The maximum Gasteiger partial charge on any atom is 0.226 e. The van der Waals surface area contributed by atoms with E-state index in [0.29, 0.717) is 18.8 Å². The Morgan fingerprint density at radius 1 is 1.47 bits per heavy atom. The van der Waals surface area contributed by atoms with Gasteiger partial charge in [-0.1, -0.05) is 13.8 Å². The number of carbonyl (C=O) groups excluding carboxylic acids is 1. The third-order valence-electron chi connectivity index (χ3n) is 2.94. The summed E-state index contributed by atoms with van der Waals surface area (Å²) in [4.78, 5) is 15.9. The molecule has 3 N–H and O–H groups in total. The Morgan fingerprint density at radius 2 is 2.21 bits per heavy atom. The maximum atomic E-state index is 11.8. The molecule has 0 atom stereocenters. The van der Waals surface area contributed by atoms with Crippen molar-refractivity contribution in [1.29, 1.82) is 0 Å². The van der Waals surface area contributed by atoms with E-state index in [1.165, 1.54) is 0 Å². The van der Waals surface area contributed by atoms with Crippen LogP contribution in [-0.2, 0) is 16.0 Å². The van der Waals surface area contributed by atoms with Crippen molar-refractivity contribution in [2.75, 3.05) is 26.0 Å². The first kappa shape index (κ1) is 15.4. The lowest BCUT2D eigenvalue weighted by molar-refractivity contribution is -0.121. The molecule has 5 nitrogen and oxygen atoms in total. The zero-order valence-electron chi connectivity index (χ0n) is 11.9. The first-order valence-electron chi connectivity index (χ1n) is 6.39. The van der Waals surface area contributed by atoms with Crippen LogP contribution in [0.4, 0.5) is 5.69 Å². The second-order valence-electron chi connectivity index (χ2n) is 5.44. The summed E-state index contributed by atoms with van der Waals surface area (Å²) in [6.07, 6.45) is 2.75. The summed E-state index contributed by atoms with van der Waals surface area (Å²) < 4.78 is 5.06. The molecular formula is C14H23N3O2. The largest absolute Gasteiger partial charge is 0.397 e. The van der Waals surface area contributed by atoms with Crippen molar-refractivity contribution in [1.82, 2.24) is 10.3 Å². The summed E-state index contributed by atoms with van der Waals surface area (Å²) in [5, 5.41) is 2.93. The van der Waals surface area contributed by atoms with Gasteiger partial charge >= 0.3 is 0 Å². The Bertz CT molecular complexity index is 402. The van der Waals surface area contributed by atoms with E-state index in [4.69, 9.17) is 10.5 Å². The molecule has 0 aliphatic rings. The monoisotopic (exact) mass is 265 g/mol. The van der Waals surface area contributed by atoms with Gasteiger partial charge in [-0.15, -0.1) is 0 Å². The summed E-state index contributed by atoms with van der Waals surface area (Å²) in [5.41, 5.74) is 6.90. The van der Waals surface area contributed by atoms with Gasteiger partial charge in [-0.3, -0.25) is 9.78 Å². The van der Waals surface area contributed by atoms with Gasteiger partial charge in [-0.25, -0.2) is 0 Å². The highest BCUT2D eigenvalue weighted by molar-refractivity contribution is 5.78. The highest BCUT2D eigenvalue weighted by atomic mass is 16.5. The van der Waals surface area contributed by atoms with Gasteiger partial charge in [0.1, 0.15) is 0 Å². The van der Waals surface area contributed by atoms with Gasteiger partial charge in [0.15, 0.2) is 0 Å². The molecule has 0 fully saturated rings. The van der Waals surface area contributed by atoms with Crippen molar-refractivity contribution in [2.45, 2.75) is 26.7 Å². The van der Waals surface area contributed by atoms with Crippen molar-refractivity contribution in [3.63, 3.8) is 0 Å². The van der Waals surface area contributed by atoms with E-state index in [9.17, 15) is 4.79 Å². The molecule has 19 heavy (non-hydrogen) atoms. The SMILES string of the molecule is COCCC(C)(C)CNC(=O)Cc1ccc(N)cn1. The lowest BCUT2D eigenvalue weighted by Gasteiger charge is -2.24. The van der Waals surface area contributed by atoms with E-state index in [1.54, 1.807) is 25.4 Å². The molecule has 1 amide bonds. The van der Waals surface area contributed by atoms with Crippen molar-refractivity contribution in [2.24, 2.45) is 5.41 Å². The van der Waals surface area contributed by atoms with E-state index in [2.05, 4.69) is 24.1 Å². The molecule has 5 heteroatoms. The van der Waals surface area contributed by atoms with Gasteiger partial charge in [0.05, 0.1) is 18.3 Å². The lowest BCUT2D eigenvalue weighted by atomic mass is 9.89. The molecule has 106 valence electrons. The average Bonchev–Trinajstić information content (AvgIpc) is 2.37. The van der Waals surface area contributed by atoms with Crippen molar-refractivity contribution < 1.29 is 9.53 Å². The Hall–Kier alpha value is -1.62. The van der Waals surface area contributed by atoms with Crippen LogP contribution in [0.2, 0.25) is 0 Å². The van der Waals surface area contributed by atoms with Gasteiger partial charge in [0.2, 0.25) is 5.91 Å². The molecule has 0 aromatic carbocycles. The molecule has 0 aliphatic carbocycles. The van der Waals surface area contributed by atoms with Gasteiger partial charge in [-0.05, 0) is 24.0 Å². The number of ether oxygens (including phenoxy) is 1. The summed E-state index contributed by atoms with van der Waals surface area (Å²) >= 11 is 0. The van der Waals surface area contributed by atoms with E-state index in [-0.39, 0.29) is 17.7 Å². The smallest absolute Gasteiger partial charge is 0.226 e. The topological polar surface area (TPSA) is 77.2 Å². The van der Waals surface area contributed by atoms with Crippen molar-refractivity contribution >= 4 is 11.6 Å².